The average Bonchev–Trinajstić information content (AvgIpc) is 1.59. The van der Waals surface area contributed by atoms with Crippen molar-refractivity contribution in [2.24, 2.45) is 7.05 Å². The molecule has 15 aromatic rings. The van der Waals surface area contributed by atoms with E-state index in [0.29, 0.717) is 123 Å². The van der Waals surface area contributed by atoms with Crippen LogP contribution in [0, 0.1) is 50.6 Å². The molecular formula is C98H84Cl3FN12O17S. The van der Waals surface area contributed by atoms with Crippen LogP contribution in [0.4, 0.5) is 15.8 Å². The molecule has 1 aliphatic carbocycles. The lowest BCUT2D eigenvalue weighted by atomic mass is 9.82. The molecule has 0 saturated heterocycles. The molecule has 1 atom stereocenters. The number of allylic oxidation sites excluding steroid dienone is 1. The van der Waals surface area contributed by atoms with Crippen LogP contribution >= 0.6 is 46.6 Å². The number of hydrogen-bond donors (Lipinski definition) is 6. The topological polar surface area (TPSA) is 408 Å². The number of aromatic amines is 1. The van der Waals surface area contributed by atoms with Gasteiger partial charge in [-0.25, -0.2) is 43.4 Å². The number of halogens is 4. The summed E-state index contributed by atoms with van der Waals surface area (Å²) < 4.78 is 33.9. The first-order chi connectivity index (χ1) is 63.1. The molecule has 1 aliphatic heterocycles. The first kappa shape index (κ1) is 95.8. The first-order valence-electron chi connectivity index (χ1n) is 40.5. The Morgan fingerprint density at radius 2 is 1.32 bits per heavy atom. The van der Waals surface area contributed by atoms with Crippen molar-refractivity contribution in [3.63, 3.8) is 0 Å². The molecule has 0 saturated carbocycles. The minimum Gasteiger partial charge on any atom is -0.504 e. The standard InChI is InChI=1S/C19H17ClN4O.C19H16N2O3.C17H12N2O4.C15H16ClN3O4S.C15H11ClO3.C13H12FNO2/c1-11-6-12(2)23-19(22-11)24-17-8-14(9-18(25)16(17)10-21-24)13-4-3-5-15(20)7-13;1-24-17-11-12(6-7-16(17)22)10-13-8-9-21-15-5-3-2-4-14(15)19(23)20-18(13)21;1-10-5-6-15-13(7-10)14(17(20)21)9-16(18-15)11-3-2-4-12(8-11)19(22)23;1-8-4-13(20)19-15(17-8)24-7-14(21)18-10-6-11(22-2)9(16)5-12(10)23-3;16-12-6-3-5-11(8-12)14(17)9-10-4-1-2-7-13(10)15(18)19;1-8-11(13(16)17)7-12(15(8)2)9-3-5-10(14)6-4-9/h3-7,10,14H,8-9H2,1-2H3;2-7,10-11,22H,8-9H2,1H3;2-9H,1H3,(H,20,21);4-6H,7H2,1-3H3,(H,18,21)(H,17,19,20);1-8H,9H2,(H,18,19);3-7H,1-2H3,(H,16,17)/b;13-10+;;;;. The summed E-state index contributed by atoms with van der Waals surface area (Å²) in [5.74, 6) is -0.951. The number of nitro benzene ring substituents is 1. The van der Waals surface area contributed by atoms with Crippen LogP contribution in [-0.2, 0) is 31.2 Å². The maximum Gasteiger partial charge on any atom is 0.337 e. The number of aromatic carboxylic acids is 3. The normalized spacial score (nSPS) is 12.4. The highest BCUT2D eigenvalue weighted by Gasteiger charge is 2.32. The fourth-order valence-corrected chi connectivity index (χ4v) is 15.9. The van der Waals surface area contributed by atoms with Crippen LogP contribution in [0.2, 0.25) is 15.1 Å². The number of benzene rings is 9. The largest absolute Gasteiger partial charge is 0.504 e. The van der Waals surface area contributed by atoms with Gasteiger partial charge in [0, 0.05) is 112 Å². The van der Waals surface area contributed by atoms with Gasteiger partial charge in [-0.2, -0.15) is 10.1 Å². The number of aromatic hydroxyl groups is 1. The quantitative estimate of drug-likeness (QED) is 0.0144. The van der Waals surface area contributed by atoms with Crippen LogP contribution in [-0.4, -0.2) is 137 Å². The molecular weight excluding hydrogens is 1770 g/mol. The highest BCUT2D eigenvalue weighted by atomic mass is 35.5. The molecule has 0 spiro atoms. The number of fused-ring (bicyclic) bond motifs is 5. The summed E-state index contributed by atoms with van der Waals surface area (Å²) in [7, 11) is 6.27. The zero-order valence-corrected chi connectivity index (χ0v) is 75.3. The summed E-state index contributed by atoms with van der Waals surface area (Å²) in [4.78, 5) is 129. The van der Waals surface area contributed by atoms with E-state index in [2.05, 4.69) is 44.9 Å². The van der Waals surface area contributed by atoms with Crippen molar-refractivity contribution >= 4 is 127 Å². The maximum atomic E-state index is 12.8. The number of ether oxygens (including phenoxy) is 3. The van der Waals surface area contributed by atoms with Gasteiger partial charge < -0.3 is 54.1 Å². The number of anilines is 1. The Bertz CT molecular complexity index is 7120. The number of amides is 1. The van der Waals surface area contributed by atoms with Crippen LogP contribution in [0.1, 0.15) is 127 Å². The molecule has 6 aromatic heterocycles. The molecule has 17 rings (SSSR count). The zero-order valence-electron chi connectivity index (χ0n) is 72.2. The summed E-state index contributed by atoms with van der Waals surface area (Å²) in [6.07, 6.45) is 5.64. The van der Waals surface area contributed by atoms with Gasteiger partial charge in [-0.15, -0.1) is 0 Å². The number of para-hydroxylation sites is 1. The molecule has 34 heteroatoms. The Balaban J connectivity index is 0.000000144. The van der Waals surface area contributed by atoms with E-state index in [9.17, 15) is 63.1 Å². The highest BCUT2D eigenvalue weighted by molar-refractivity contribution is 7.99. The van der Waals surface area contributed by atoms with E-state index in [1.807, 2.05) is 93.6 Å². The lowest BCUT2D eigenvalue weighted by Gasteiger charge is -2.22. The smallest absolute Gasteiger partial charge is 0.337 e. The van der Waals surface area contributed by atoms with E-state index in [-0.39, 0.29) is 80.6 Å². The van der Waals surface area contributed by atoms with Gasteiger partial charge in [-0.05, 0) is 196 Å². The summed E-state index contributed by atoms with van der Waals surface area (Å²) in [5, 5.41) is 58.4. The minimum atomic E-state index is -1.06. The van der Waals surface area contributed by atoms with E-state index in [4.69, 9.17) is 59.2 Å². The number of ketones is 2. The number of methoxy groups -OCH3 is 3. The van der Waals surface area contributed by atoms with Crippen LogP contribution in [0.3, 0.4) is 0 Å². The molecule has 1 unspecified atom stereocenters. The number of aromatic nitrogens is 10. The molecule has 672 valence electrons. The Kier molecular flexibility index (Phi) is 31.3. The SMILES string of the molecule is COc1cc(/C=C2\CCn3c2nc(=O)c2ccccc23)ccc1O.COc1cc(NC(=O)CSc2nc(C)cc(=O)[nH]2)c(OC)cc1Cl.Cc1c(C(=O)O)cc(-c2ccc(F)cc2)n1C.Cc1cc(C)nc(-n2ncc3c2CC(c2cccc(Cl)c2)CC3=O)n1.Cc1ccc2nc(-c3cccc([N+](=O)[O-])c3)cc(C(=O)O)c2c1.O=C(Cc1ccccc1C(=O)O)c1cccc(Cl)c1. The number of carboxylic acid groups (broad SMARTS) is 3. The molecule has 9 aromatic carbocycles. The van der Waals surface area contributed by atoms with Crippen molar-refractivity contribution in [1.82, 2.24) is 48.8 Å². The highest BCUT2D eigenvalue weighted by Crippen LogP contribution is 2.39. The summed E-state index contributed by atoms with van der Waals surface area (Å²) in [6.45, 7) is 9.98. The summed E-state index contributed by atoms with van der Waals surface area (Å²) in [5.41, 5.74) is 13.8. The van der Waals surface area contributed by atoms with Crippen molar-refractivity contribution in [2.45, 2.75) is 77.9 Å². The Hall–Kier alpha value is -15.3. The van der Waals surface area contributed by atoms with Crippen LogP contribution < -0.4 is 30.6 Å². The number of rotatable bonds is 19. The van der Waals surface area contributed by atoms with E-state index in [0.717, 1.165) is 80.8 Å². The monoisotopic (exact) mass is 1860 g/mol. The molecule has 132 heavy (non-hydrogen) atoms. The second-order valence-electron chi connectivity index (χ2n) is 30.1. The number of carbonyl (C=O) groups excluding carboxylic acids is 3. The number of carbonyl (C=O) groups is 6. The molecule has 7 heterocycles. The number of H-pyrrole nitrogens is 1. The van der Waals surface area contributed by atoms with Gasteiger partial charge in [0.1, 0.15) is 23.1 Å². The number of Topliss-reactive ketones (excluding diaryl/α,β-unsaturated/α-hetero) is 2. The number of non-ortho nitro benzene ring substituents is 1. The minimum absolute atomic E-state index is 0.0445. The number of aryl methyl sites for hydroxylation is 5. The molecule has 0 bridgehead atoms. The Labute approximate surface area is 773 Å². The second-order valence-corrected chi connectivity index (χ2v) is 32.3. The molecule has 0 radical (unpaired) electrons. The predicted octanol–water partition coefficient (Wildman–Crippen LogP) is 19.5. The number of phenolic OH excluding ortho intramolecular Hbond substituents is 1. The van der Waals surface area contributed by atoms with Crippen LogP contribution in [0.5, 0.6) is 23.0 Å². The fourth-order valence-electron chi connectivity index (χ4n) is 14.5. The number of nitrogens with zero attached hydrogens (tertiary/aromatic N) is 10. The van der Waals surface area contributed by atoms with Gasteiger partial charge in [0.05, 0.1) is 99.0 Å². The molecule has 29 nitrogen and oxygen atoms in total. The van der Waals surface area contributed by atoms with Gasteiger partial charge in [0.25, 0.3) is 22.8 Å². The number of nitrogens with one attached hydrogen (secondary N) is 2. The maximum absolute atomic E-state index is 12.8. The third-order valence-corrected chi connectivity index (χ3v) is 22.6. The number of thioether (sulfide) groups is 1. The van der Waals surface area contributed by atoms with E-state index >= 15 is 0 Å². The van der Waals surface area contributed by atoms with Gasteiger partial charge >= 0.3 is 17.9 Å². The van der Waals surface area contributed by atoms with Crippen LogP contribution in [0.25, 0.3) is 61.9 Å². The lowest BCUT2D eigenvalue weighted by molar-refractivity contribution is -0.384. The van der Waals surface area contributed by atoms with Crippen LogP contribution in [0.15, 0.2) is 239 Å². The molecule has 0 fully saturated rings. The first-order valence-corrected chi connectivity index (χ1v) is 42.6. The number of hydrogen-bond acceptors (Lipinski definition) is 21. The number of phenols is 1. The Morgan fingerprint density at radius 3 is 1.99 bits per heavy atom. The number of carboxylic acids is 3. The third kappa shape index (κ3) is 23.8. The van der Waals surface area contributed by atoms with E-state index in [1.165, 1.54) is 63.8 Å². The summed E-state index contributed by atoms with van der Waals surface area (Å²) in [6, 6.07) is 60.4. The average molecular weight is 1860 g/mol. The zero-order chi connectivity index (χ0) is 94.9. The Morgan fingerprint density at radius 1 is 0.644 bits per heavy atom. The van der Waals surface area contributed by atoms with Crippen molar-refractivity contribution in [3.8, 4) is 51.5 Å². The van der Waals surface area contributed by atoms with Gasteiger partial charge in [-0.1, -0.05) is 131 Å². The van der Waals surface area contributed by atoms with Gasteiger partial charge in [0.15, 0.2) is 28.2 Å². The van der Waals surface area contributed by atoms with Crippen molar-refractivity contribution in [1.29, 1.82) is 0 Å². The predicted molar refractivity (Wildman–Crippen MR) is 503 cm³/mol. The second kappa shape index (κ2) is 43.2. The van der Waals surface area contributed by atoms with Gasteiger partial charge in [-0.3, -0.25) is 34.1 Å². The molecule has 1 amide bonds. The van der Waals surface area contributed by atoms with Crippen molar-refractivity contribution in [3.05, 3.63) is 361 Å². The van der Waals surface area contributed by atoms with Gasteiger partial charge in [0.2, 0.25) is 5.91 Å². The van der Waals surface area contributed by atoms with E-state index < -0.39 is 22.8 Å². The molecule has 2 aliphatic rings. The summed E-state index contributed by atoms with van der Waals surface area (Å²) >= 11 is 19.1. The number of nitro groups is 1. The van der Waals surface area contributed by atoms with Crippen molar-refractivity contribution < 1.29 is 72.7 Å². The van der Waals surface area contributed by atoms with Crippen molar-refractivity contribution in [2.75, 3.05) is 32.4 Å². The fraction of sp³-hybridized carbons (Fsp3) is 0.163. The third-order valence-electron chi connectivity index (χ3n) is 21.0. The molecule has 6 N–H and O–H groups in total. The van der Waals surface area contributed by atoms with E-state index in [1.54, 1.807) is 146 Å². The number of pyridine rings is 1. The lowest BCUT2D eigenvalue weighted by Crippen LogP contribution is -2.21.